The Morgan fingerprint density at radius 2 is 2.39 bits per heavy atom. The van der Waals surface area contributed by atoms with Gasteiger partial charge in [-0.25, -0.2) is 4.68 Å². The number of hydrogen-bond donors (Lipinski definition) is 2. The molecule has 0 fully saturated rings. The first-order valence-corrected chi connectivity index (χ1v) is 6.55. The highest BCUT2D eigenvalue weighted by molar-refractivity contribution is 9.10. The molecule has 0 spiro atoms. The van der Waals surface area contributed by atoms with E-state index in [9.17, 15) is 4.79 Å². The van der Waals surface area contributed by atoms with Crippen molar-refractivity contribution < 1.29 is 4.79 Å². The van der Waals surface area contributed by atoms with Gasteiger partial charge in [-0.2, -0.15) is 5.10 Å². The predicted octanol–water partition coefficient (Wildman–Crippen LogP) is 2.65. The molecular formula is C11H11BrN4OS. The molecule has 1 aromatic heterocycles. The van der Waals surface area contributed by atoms with E-state index in [1.54, 1.807) is 18.2 Å². The molecule has 2 aromatic rings. The number of nitrogens with one attached hydrogen (secondary N) is 2. The molecule has 1 heterocycles. The maximum absolute atomic E-state index is 12.0. The summed E-state index contributed by atoms with van der Waals surface area (Å²) in [4.78, 5) is 12.0. The molecule has 1 aromatic carbocycles. The smallest absolute Gasteiger partial charge is 0.267 e. The van der Waals surface area contributed by atoms with E-state index in [1.165, 1.54) is 4.68 Å². The fourth-order valence-electron chi connectivity index (χ4n) is 1.48. The molecule has 18 heavy (non-hydrogen) atoms. The van der Waals surface area contributed by atoms with Gasteiger partial charge >= 0.3 is 0 Å². The number of H-pyrrole nitrogens is 1. The minimum absolute atomic E-state index is 0.233. The highest BCUT2D eigenvalue weighted by atomic mass is 79.9. The van der Waals surface area contributed by atoms with Crippen molar-refractivity contribution in [2.24, 2.45) is 0 Å². The van der Waals surface area contributed by atoms with Crippen LogP contribution >= 0.6 is 28.1 Å². The van der Waals surface area contributed by atoms with E-state index in [4.69, 9.17) is 12.2 Å². The van der Waals surface area contributed by atoms with Crippen molar-refractivity contribution in [1.29, 1.82) is 0 Å². The van der Waals surface area contributed by atoms with E-state index in [2.05, 4.69) is 31.6 Å². The van der Waals surface area contributed by atoms with Crippen LogP contribution in [0.5, 0.6) is 0 Å². The quantitative estimate of drug-likeness (QED) is 0.852. The van der Waals surface area contributed by atoms with Crippen molar-refractivity contribution in [1.82, 2.24) is 14.9 Å². The van der Waals surface area contributed by atoms with Gasteiger partial charge in [0, 0.05) is 16.5 Å². The van der Waals surface area contributed by atoms with Gasteiger partial charge < -0.3 is 0 Å². The second kappa shape index (κ2) is 5.45. The summed E-state index contributed by atoms with van der Waals surface area (Å²) < 4.78 is 2.70. The maximum atomic E-state index is 12.0. The van der Waals surface area contributed by atoms with Crippen LogP contribution in [0.4, 0.5) is 0 Å². The summed E-state index contributed by atoms with van der Waals surface area (Å²) >= 11 is 8.38. The van der Waals surface area contributed by atoms with E-state index >= 15 is 0 Å². The number of carbonyl (C=O) groups excluding carboxylic acids is 1. The van der Waals surface area contributed by atoms with Crippen molar-refractivity contribution in [2.75, 3.05) is 5.43 Å². The second-order valence-corrected chi connectivity index (χ2v) is 4.89. The molecule has 7 heteroatoms. The summed E-state index contributed by atoms with van der Waals surface area (Å²) in [5.74, 6) is 0.451. The number of nitrogens with zero attached hydrogens (tertiary/aromatic N) is 2. The molecule has 0 saturated heterocycles. The van der Waals surface area contributed by atoms with Gasteiger partial charge in [0.1, 0.15) is 0 Å². The summed E-state index contributed by atoms with van der Waals surface area (Å²) in [6.07, 6.45) is 0.673. The van der Waals surface area contributed by atoms with Crippen LogP contribution < -0.4 is 5.43 Å². The molecule has 94 valence electrons. The Morgan fingerprint density at radius 3 is 3.06 bits per heavy atom. The molecule has 0 bridgehead atoms. The lowest BCUT2D eigenvalue weighted by atomic mass is 10.2. The Kier molecular flexibility index (Phi) is 3.93. The van der Waals surface area contributed by atoms with Crippen LogP contribution in [0.1, 0.15) is 23.1 Å². The molecule has 0 unspecified atom stereocenters. The normalized spacial score (nSPS) is 10.3. The molecule has 0 aliphatic carbocycles. The third-order valence-electron chi connectivity index (χ3n) is 2.36. The molecule has 2 N–H and O–H groups in total. The third kappa shape index (κ3) is 2.68. The summed E-state index contributed by atoms with van der Waals surface area (Å²) in [5, 5.41) is 6.67. The Labute approximate surface area is 117 Å². The zero-order valence-corrected chi connectivity index (χ0v) is 12.0. The zero-order chi connectivity index (χ0) is 13.1. The van der Waals surface area contributed by atoms with Crippen LogP contribution in [0.2, 0.25) is 0 Å². The summed E-state index contributed by atoms with van der Waals surface area (Å²) in [6.45, 7) is 1.94. The van der Waals surface area contributed by atoms with Crippen molar-refractivity contribution in [2.45, 2.75) is 13.3 Å². The molecule has 0 aliphatic heterocycles. The van der Waals surface area contributed by atoms with E-state index in [-0.39, 0.29) is 5.91 Å². The molecule has 0 aliphatic rings. The van der Waals surface area contributed by atoms with Gasteiger partial charge in [0.25, 0.3) is 5.91 Å². The number of rotatable bonds is 3. The average molecular weight is 327 g/mol. The molecule has 0 radical (unpaired) electrons. The Morgan fingerprint density at radius 1 is 1.61 bits per heavy atom. The number of amides is 1. The van der Waals surface area contributed by atoms with Gasteiger partial charge in [-0.05, 0) is 30.4 Å². The van der Waals surface area contributed by atoms with Crippen molar-refractivity contribution in [3.63, 3.8) is 0 Å². The molecule has 1 amide bonds. The largest absolute Gasteiger partial charge is 0.270 e. The fraction of sp³-hybridized carbons (Fsp3) is 0.182. The standard InChI is InChI=1S/C11H11BrN4OS/c1-2-9-13-14-11(18)16(9)15-10(17)7-4-3-5-8(12)6-7/h3-6H,2H2,1H3,(H,14,18)(H,15,17). The van der Waals surface area contributed by atoms with Crippen LogP contribution in [-0.4, -0.2) is 20.8 Å². The van der Waals surface area contributed by atoms with E-state index in [0.717, 1.165) is 4.47 Å². The first kappa shape index (κ1) is 13.0. The summed E-state index contributed by atoms with van der Waals surface area (Å²) in [6, 6.07) is 7.13. The molecule has 2 rings (SSSR count). The van der Waals surface area contributed by atoms with E-state index < -0.39 is 0 Å². The van der Waals surface area contributed by atoms with Gasteiger partial charge in [0.2, 0.25) is 4.77 Å². The summed E-state index contributed by atoms with van der Waals surface area (Å²) in [5.41, 5.74) is 3.26. The first-order chi connectivity index (χ1) is 8.61. The topological polar surface area (TPSA) is 62.7 Å². The third-order valence-corrected chi connectivity index (χ3v) is 3.13. The number of aromatic nitrogens is 3. The fourth-order valence-corrected chi connectivity index (χ4v) is 2.07. The number of carbonyl (C=O) groups is 1. The first-order valence-electron chi connectivity index (χ1n) is 5.35. The van der Waals surface area contributed by atoms with Crippen molar-refractivity contribution in [3.05, 3.63) is 44.9 Å². The second-order valence-electron chi connectivity index (χ2n) is 3.59. The number of hydrogen-bond acceptors (Lipinski definition) is 3. The molecule has 5 nitrogen and oxygen atoms in total. The molecular weight excluding hydrogens is 316 g/mol. The number of aryl methyl sites for hydroxylation is 1. The van der Waals surface area contributed by atoms with Gasteiger partial charge in [0.15, 0.2) is 5.82 Å². The summed E-state index contributed by atoms with van der Waals surface area (Å²) in [7, 11) is 0. The SMILES string of the molecule is CCc1n[nH]c(=S)n1NC(=O)c1cccc(Br)c1. The van der Waals surface area contributed by atoms with Crippen molar-refractivity contribution in [3.8, 4) is 0 Å². The van der Waals surface area contributed by atoms with Crippen LogP contribution in [0.3, 0.4) is 0 Å². The minimum Gasteiger partial charge on any atom is -0.267 e. The minimum atomic E-state index is -0.233. The van der Waals surface area contributed by atoms with E-state index in [1.807, 2.05) is 13.0 Å². The number of aromatic amines is 1. The monoisotopic (exact) mass is 326 g/mol. The molecule has 0 atom stereocenters. The van der Waals surface area contributed by atoms with Crippen LogP contribution in [-0.2, 0) is 6.42 Å². The highest BCUT2D eigenvalue weighted by Gasteiger charge is 2.10. The average Bonchev–Trinajstić information content (AvgIpc) is 2.70. The van der Waals surface area contributed by atoms with Gasteiger partial charge in [-0.15, -0.1) is 0 Å². The van der Waals surface area contributed by atoms with Crippen molar-refractivity contribution >= 4 is 34.1 Å². The lowest BCUT2D eigenvalue weighted by molar-refractivity contribution is 0.101. The Balaban J connectivity index is 2.26. The van der Waals surface area contributed by atoms with Gasteiger partial charge in [0.05, 0.1) is 0 Å². The number of halogens is 1. The highest BCUT2D eigenvalue weighted by Crippen LogP contribution is 2.11. The van der Waals surface area contributed by atoms with Gasteiger partial charge in [-0.1, -0.05) is 28.9 Å². The Hall–Kier alpha value is -1.47. The van der Waals surface area contributed by atoms with Crippen LogP contribution in [0.15, 0.2) is 28.7 Å². The lowest BCUT2D eigenvalue weighted by Crippen LogP contribution is -2.24. The zero-order valence-electron chi connectivity index (χ0n) is 9.61. The lowest BCUT2D eigenvalue weighted by Gasteiger charge is -2.07. The number of benzene rings is 1. The van der Waals surface area contributed by atoms with Crippen LogP contribution in [0, 0.1) is 4.77 Å². The predicted molar refractivity (Wildman–Crippen MR) is 74.6 cm³/mol. The van der Waals surface area contributed by atoms with E-state index in [0.29, 0.717) is 22.6 Å². The maximum Gasteiger partial charge on any atom is 0.270 e. The van der Waals surface area contributed by atoms with Crippen LogP contribution in [0.25, 0.3) is 0 Å². The Bertz CT molecular complexity index is 634. The van der Waals surface area contributed by atoms with Gasteiger partial charge in [-0.3, -0.25) is 15.3 Å². The molecule has 0 saturated carbocycles.